The molecule has 2 aliphatic carbocycles. The number of rotatable bonds is 5. The predicted octanol–water partition coefficient (Wildman–Crippen LogP) is 5.63. The zero-order chi connectivity index (χ0) is 25.2. The summed E-state index contributed by atoms with van der Waals surface area (Å²) in [4.78, 5) is 29.2. The monoisotopic (exact) mass is 492 g/mol. The number of benzene rings is 1. The van der Waals surface area contributed by atoms with E-state index >= 15 is 0 Å². The predicted molar refractivity (Wildman–Crippen MR) is 134 cm³/mol. The van der Waals surface area contributed by atoms with Crippen LogP contribution in [0.2, 0.25) is 0 Å². The van der Waals surface area contributed by atoms with Gasteiger partial charge in [0.05, 0.1) is 18.2 Å². The minimum Gasteiger partial charge on any atom is -0.462 e. The van der Waals surface area contributed by atoms with Gasteiger partial charge in [-0.15, -0.1) is 0 Å². The van der Waals surface area contributed by atoms with E-state index in [0.29, 0.717) is 18.4 Å². The van der Waals surface area contributed by atoms with Crippen LogP contribution in [0, 0.1) is 35.4 Å². The Bertz CT molecular complexity index is 1130. The van der Waals surface area contributed by atoms with Crippen molar-refractivity contribution in [3.63, 3.8) is 0 Å². The summed E-state index contributed by atoms with van der Waals surface area (Å²) in [5.41, 5.74) is 2.48. The third-order valence-corrected chi connectivity index (χ3v) is 8.18. The Morgan fingerprint density at radius 2 is 2.08 bits per heavy atom. The SMILES string of the molecule is CCOC(=O)N[C@H]1CC[C@@H]2[C@@H](C1)C[C@H]1C(=O)O[C@H](C)[C@@H]1[C@H]2/C=C/c1ccc(-c2cccc(F)c2)cn1. The summed E-state index contributed by atoms with van der Waals surface area (Å²) in [5, 5.41) is 3.00. The third-order valence-electron chi connectivity index (χ3n) is 8.18. The first kappa shape index (κ1) is 24.5. The summed E-state index contributed by atoms with van der Waals surface area (Å²) in [7, 11) is 0. The van der Waals surface area contributed by atoms with E-state index in [1.807, 2.05) is 31.2 Å². The van der Waals surface area contributed by atoms with E-state index in [9.17, 15) is 14.0 Å². The van der Waals surface area contributed by atoms with Crippen LogP contribution in [0.3, 0.4) is 0 Å². The first-order valence-corrected chi connectivity index (χ1v) is 13.0. The van der Waals surface area contributed by atoms with Crippen LogP contribution in [0.15, 0.2) is 48.7 Å². The molecule has 0 unspecified atom stereocenters. The van der Waals surface area contributed by atoms with Crippen LogP contribution in [0.5, 0.6) is 0 Å². The Morgan fingerprint density at radius 1 is 1.22 bits per heavy atom. The van der Waals surface area contributed by atoms with E-state index in [4.69, 9.17) is 9.47 Å². The van der Waals surface area contributed by atoms with Crippen molar-refractivity contribution in [1.82, 2.24) is 10.3 Å². The number of pyridine rings is 1. The Labute approximate surface area is 211 Å². The van der Waals surface area contributed by atoms with Crippen molar-refractivity contribution in [3.05, 3.63) is 60.2 Å². The molecule has 2 saturated carbocycles. The van der Waals surface area contributed by atoms with Crippen LogP contribution in [-0.2, 0) is 14.3 Å². The Hall–Kier alpha value is -3.22. The molecule has 36 heavy (non-hydrogen) atoms. The van der Waals surface area contributed by atoms with Crippen LogP contribution in [0.25, 0.3) is 17.2 Å². The highest BCUT2D eigenvalue weighted by molar-refractivity contribution is 5.75. The number of ether oxygens (including phenoxy) is 2. The Morgan fingerprint density at radius 3 is 2.83 bits per heavy atom. The van der Waals surface area contributed by atoms with Crippen LogP contribution in [0.1, 0.15) is 45.2 Å². The molecule has 1 aliphatic heterocycles. The van der Waals surface area contributed by atoms with Crippen LogP contribution < -0.4 is 5.32 Å². The Kier molecular flexibility index (Phi) is 7.08. The lowest BCUT2D eigenvalue weighted by atomic mass is 9.57. The number of esters is 1. The van der Waals surface area contributed by atoms with E-state index in [1.54, 1.807) is 19.2 Å². The number of allylic oxidation sites excluding steroid dienone is 1. The molecule has 0 spiro atoms. The molecule has 190 valence electrons. The van der Waals surface area contributed by atoms with Gasteiger partial charge in [0.25, 0.3) is 0 Å². The fraction of sp³-hybridized carbons (Fsp3) is 0.483. The normalized spacial score (nSPS) is 31.4. The highest BCUT2D eigenvalue weighted by Gasteiger charge is 2.54. The quantitative estimate of drug-likeness (QED) is 0.548. The number of nitrogens with one attached hydrogen (secondary N) is 1. The number of cyclic esters (lactones) is 1. The molecule has 1 aromatic carbocycles. The van der Waals surface area contributed by atoms with Crippen LogP contribution >= 0.6 is 0 Å². The number of hydrogen-bond acceptors (Lipinski definition) is 5. The molecule has 5 rings (SSSR count). The van der Waals surface area contributed by atoms with Gasteiger partial charge < -0.3 is 14.8 Å². The number of halogens is 1. The molecule has 7 atom stereocenters. The maximum absolute atomic E-state index is 13.6. The van der Waals surface area contributed by atoms with Gasteiger partial charge in [-0.05, 0) is 87.1 Å². The fourth-order valence-electron chi connectivity index (χ4n) is 6.64. The molecule has 1 aromatic heterocycles. The largest absolute Gasteiger partial charge is 0.462 e. The van der Waals surface area contributed by atoms with Gasteiger partial charge in [-0.25, -0.2) is 9.18 Å². The van der Waals surface area contributed by atoms with Gasteiger partial charge in [-0.3, -0.25) is 9.78 Å². The Balaban J connectivity index is 1.34. The first-order chi connectivity index (χ1) is 17.4. The number of nitrogens with zero attached hydrogens (tertiary/aromatic N) is 1. The van der Waals surface area contributed by atoms with Crippen molar-refractivity contribution in [2.75, 3.05) is 6.61 Å². The molecule has 2 aromatic rings. The molecular weight excluding hydrogens is 459 g/mol. The van der Waals surface area contributed by atoms with Gasteiger partial charge in [-0.1, -0.05) is 24.3 Å². The van der Waals surface area contributed by atoms with Crippen molar-refractivity contribution in [2.24, 2.45) is 29.6 Å². The summed E-state index contributed by atoms with van der Waals surface area (Å²) in [6.07, 6.45) is 9.07. The second-order valence-electron chi connectivity index (χ2n) is 10.3. The van der Waals surface area contributed by atoms with Gasteiger partial charge in [0, 0.05) is 23.7 Å². The van der Waals surface area contributed by atoms with E-state index in [2.05, 4.69) is 16.4 Å². The van der Waals surface area contributed by atoms with Crippen LogP contribution in [0.4, 0.5) is 9.18 Å². The molecule has 0 radical (unpaired) electrons. The summed E-state index contributed by atoms with van der Waals surface area (Å²) >= 11 is 0. The van der Waals surface area contributed by atoms with E-state index in [1.165, 1.54) is 12.1 Å². The number of fused-ring (bicyclic) bond motifs is 2. The zero-order valence-corrected chi connectivity index (χ0v) is 20.7. The van der Waals surface area contributed by atoms with Crippen molar-refractivity contribution >= 4 is 18.1 Å². The molecule has 1 saturated heterocycles. The highest BCUT2D eigenvalue weighted by Crippen LogP contribution is 2.53. The van der Waals surface area contributed by atoms with Gasteiger partial charge >= 0.3 is 12.1 Å². The van der Waals surface area contributed by atoms with E-state index in [-0.39, 0.29) is 47.8 Å². The number of carbonyl (C=O) groups excluding carboxylic acids is 2. The maximum atomic E-state index is 13.6. The topological polar surface area (TPSA) is 77.5 Å². The molecule has 0 bridgehead atoms. The number of carbonyl (C=O) groups is 2. The lowest BCUT2D eigenvalue weighted by Crippen LogP contribution is -2.48. The lowest BCUT2D eigenvalue weighted by molar-refractivity contribution is -0.144. The van der Waals surface area contributed by atoms with Gasteiger partial charge in [0.1, 0.15) is 11.9 Å². The molecule has 1 N–H and O–H groups in total. The molecule has 2 heterocycles. The first-order valence-electron chi connectivity index (χ1n) is 13.0. The van der Waals surface area contributed by atoms with Gasteiger partial charge in [0.2, 0.25) is 0 Å². The fourth-order valence-corrected chi connectivity index (χ4v) is 6.64. The second-order valence-corrected chi connectivity index (χ2v) is 10.3. The summed E-state index contributed by atoms with van der Waals surface area (Å²) in [5.74, 6) is 0.629. The lowest BCUT2D eigenvalue weighted by Gasteiger charge is -2.47. The highest BCUT2D eigenvalue weighted by atomic mass is 19.1. The minimum atomic E-state index is -0.368. The summed E-state index contributed by atoms with van der Waals surface area (Å²) < 4.78 is 24.3. The van der Waals surface area contributed by atoms with Crippen molar-refractivity contribution in [1.29, 1.82) is 0 Å². The average molecular weight is 493 g/mol. The standard InChI is InChI=1S/C29H33FN2O4/c1-3-35-29(34)32-23-10-11-24-20(14-23)15-26-27(17(2)36-28(26)33)25(24)12-9-22-8-7-19(16-31-22)18-5-4-6-21(30)13-18/h4-9,12-13,16-17,20,23-27H,3,10-11,14-15H2,1-2H3,(H,32,34)/b12-9+/t17-,20+,23+,24-,25+,26-,27-/m1/s1. The zero-order valence-electron chi connectivity index (χ0n) is 20.7. The number of alkyl carbamates (subject to hydrolysis) is 1. The van der Waals surface area contributed by atoms with Gasteiger partial charge in [-0.2, -0.15) is 0 Å². The smallest absolute Gasteiger partial charge is 0.407 e. The molecule has 3 fully saturated rings. The maximum Gasteiger partial charge on any atom is 0.407 e. The van der Waals surface area contributed by atoms with E-state index in [0.717, 1.165) is 42.5 Å². The van der Waals surface area contributed by atoms with Crippen molar-refractivity contribution in [2.45, 2.75) is 51.7 Å². The van der Waals surface area contributed by atoms with E-state index < -0.39 is 0 Å². The minimum absolute atomic E-state index is 0.0679. The molecule has 7 heteroatoms. The van der Waals surface area contributed by atoms with Crippen molar-refractivity contribution in [3.8, 4) is 11.1 Å². The molecule has 3 aliphatic rings. The molecular formula is C29H33FN2O4. The second kappa shape index (κ2) is 10.4. The third kappa shape index (κ3) is 5.01. The number of aromatic nitrogens is 1. The number of hydrogen-bond donors (Lipinski definition) is 1. The average Bonchev–Trinajstić information content (AvgIpc) is 3.15. The number of amides is 1. The van der Waals surface area contributed by atoms with Gasteiger partial charge in [0.15, 0.2) is 0 Å². The van der Waals surface area contributed by atoms with Crippen molar-refractivity contribution < 1.29 is 23.5 Å². The van der Waals surface area contributed by atoms with Crippen LogP contribution in [-0.4, -0.2) is 35.8 Å². The molecule has 1 amide bonds. The summed E-state index contributed by atoms with van der Waals surface area (Å²) in [6.45, 7) is 4.15. The molecule has 6 nitrogen and oxygen atoms in total. The summed E-state index contributed by atoms with van der Waals surface area (Å²) in [6, 6.07) is 10.4.